The van der Waals surface area contributed by atoms with Crippen LogP contribution in [0.2, 0.25) is 0 Å². The average molecular weight is 219 g/mol. The molecule has 0 aliphatic rings. The number of nitrogens with zero attached hydrogens (tertiary/aromatic N) is 1. The second-order valence-corrected chi connectivity index (χ2v) is 3.66. The van der Waals surface area contributed by atoms with Crippen molar-refractivity contribution in [3.05, 3.63) is 53.4 Å². The lowest BCUT2D eigenvalue weighted by molar-refractivity contribution is 0.625. The van der Waals surface area contributed by atoms with E-state index in [9.17, 15) is 4.39 Å². The number of imidazole rings is 1. The highest BCUT2D eigenvalue weighted by molar-refractivity contribution is 5.19. The molecular weight excluding hydrogens is 205 g/mol. The fourth-order valence-electron chi connectivity index (χ4n) is 1.70. The van der Waals surface area contributed by atoms with Crippen molar-refractivity contribution in [3.63, 3.8) is 0 Å². The predicted molar refractivity (Wildman–Crippen MR) is 60.3 cm³/mol. The molecule has 1 heterocycles. The molecule has 0 atom stereocenters. The van der Waals surface area contributed by atoms with E-state index in [1.165, 1.54) is 6.07 Å². The number of halogens is 1. The Balaban J connectivity index is 2.02. The summed E-state index contributed by atoms with van der Waals surface area (Å²) in [5, 5.41) is 0. The molecule has 0 amide bonds. The van der Waals surface area contributed by atoms with Crippen LogP contribution in [0.4, 0.5) is 4.39 Å². The first kappa shape index (κ1) is 10.8. The quantitative estimate of drug-likeness (QED) is 0.823. The molecule has 1 aromatic carbocycles. The van der Waals surface area contributed by atoms with E-state index in [1.807, 2.05) is 6.07 Å². The second-order valence-electron chi connectivity index (χ2n) is 3.66. The van der Waals surface area contributed by atoms with Crippen LogP contribution in [0.3, 0.4) is 0 Å². The molecule has 84 valence electrons. The van der Waals surface area contributed by atoms with Crippen molar-refractivity contribution in [1.29, 1.82) is 0 Å². The zero-order valence-corrected chi connectivity index (χ0v) is 8.91. The van der Waals surface area contributed by atoms with Crippen LogP contribution < -0.4 is 5.73 Å². The molecule has 3 nitrogen and oxygen atoms in total. The Kier molecular flexibility index (Phi) is 3.31. The molecule has 4 heteroatoms. The van der Waals surface area contributed by atoms with Crippen molar-refractivity contribution in [2.75, 3.05) is 0 Å². The third kappa shape index (κ3) is 2.46. The van der Waals surface area contributed by atoms with Crippen LogP contribution in [-0.4, -0.2) is 9.97 Å². The summed E-state index contributed by atoms with van der Waals surface area (Å²) < 4.78 is 12.9. The van der Waals surface area contributed by atoms with E-state index < -0.39 is 0 Å². The van der Waals surface area contributed by atoms with E-state index in [2.05, 4.69) is 9.97 Å². The standard InChI is InChI=1S/C12H14FN3/c13-10-3-1-2-9(6-10)4-5-11-12(7-14)16-8-15-11/h1-3,6,8H,4-5,7,14H2,(H,15,16). The van der Waals surface area contributed by atoms with Gasteiger partial charge in [-0.3, -0.25) is 0 Å². The smallest absolute Gasteiger partial charge is 0.123 e. The molecule has 2 rings (SSSR count). The highest BCUT2D eigenvalue weighted by Crippen LogP contribution is 2.09. The number of rotatable bonds is 4. The van der Waals surface area contributed by atoms with Crippen LogP contribution in [-0.2, 0) is 19.4 Å². The van der Waals surface area contributed by atoms with Gasteiger partial charge < -0.3 is 10.7 Å². The van der Waals surface area contributed by atoms with Gasteiger partial charge in [0.15, 0.2) is 0 Å². The van der Waals surface area contributed by atoms with Crippen LogP contribution >= 0.6 is 0 Å². The maximum atomic E-state index is 12.9. The third-order valence-corrected chi connectivity index (χ3v) is 2.55. The Morgan fingerprint density at radius 1 is 1.31 bits per heavy atom. The third-order valence-electron chi connectivity index (χ3n) is 2.55. The lowest BCUT2D eigenvalue weighted by Gasteiger charge is -2.01. The minimum Gasteiger partial charge on any atom is -0.347 e. The minimum atomic E-state index is -0.196. The van der Waals surface area contributed by atoms with Gasteiger partial charge >= 0.3 is 0 Å². The predicted octanol–water partition coefficient (Wildman–Crippen LogP) is 1.79. The number of nitrogens with one attached hydrogen (secondary N) is 1. The number of hydrogen-bond donors (Lipinski definition) is 2. The number of hydrogen-bond acceptors (Lipinski definition) is 2. The number of benzene rings is 1. The minimum absolute atomic E-state index is 0.196. The average Bonchev–Trinajstić information content (AvgIpc) is 2.74. The molecule has 0 fully saturated rings. The van der Waals surface area contributed by atoms with Gasteiger partial charge in [0.1, 0.15) is 5.82 Å². The molecule has 0 saturated carbocycles. The van der Waals surface area contributed by atoms with Gasteiger partial charge in [-0.1, -0.05) is 12.1 Å². The van der Waals surface area contributed by atoms with E-state index in [0.717, 1.165) is 29.8 Å². The maximum Gasteiger partial charge on any atom is 0.123 e. The van der Waals surface area contributed by atoms with E-state index >= 15 is 0 Å². The van der Waals surface area contributed by atoms with Crippen LogP contribution in [0.1, 0.15) is 17.0 Å². The normalized spacial score (nSPS) is 10.6. The lowest BCUT2D eigenvalue weighted by atomic mass is 10.1. The molecular formula is C12H14FN3. The largest absolute Gasteiger partial charge is 0.347 e. The first-order chi connectivity index (χ1) is 7.79. The molecule has 2 aromatic rings. The molecule has 1 aromatic heterocycles. The molecule has 0 aliphatic heterocycles. The molecule has 0 spiro atoms. The van der Waals surface area contributed by atoms with Gasteiger partial charge in [0.2, 0.25) is 0 Å². The fraction of sp³-hybridized carbons (Fsp3) is 0.250. The SMILES string of the molecule is NCc1[nH]cnc1CCc1cccc(F)c1. The molecule has 16 heavy (non-hydrogen) atoms. The van der Waals surface area contributed by atoms with Crippen molar-refractivity contribution in [3.8, 4) is 0 Å². The summed E-state index contributed by atoms with van der Waals surface area (Å²) in [6.07, 6.45) is 3.19. The molecule has 0 saturated heterocycles. The monoisotopic (exact) mass is 219 g/mol. The molecule has 0 unspecified atom stereocenters. The van der Waals surface area contributed by atoms with Crippen LogP contribution in [0.5, 0.6) is 0 Å². The highest BCUT2D eigenvalue weighted by atomic mass is 19.1. The molecule has 3 N–H and O–H groups in total. The van der Waals surface area contributed by atoms with Crippen molar-refractivity contribution < 1.29 is 4.39 Å². The Labute approximate surface area is 93.5 Å². The number of aromatic amines is 1. The summed E-state index contributed by atoms with van der Waals surface area (Å²) in [6, 6.07) is 6.63. The number of nitrogens with two attached hydrogens (primary N) is 1. The van der Waals surface area contributed by atoms with E-state index in [4.69, 9.17) is 5.73 Å². The first-order valence-electron chi connectivity index (χ1n) is 5.25. The van der Waals surface area contributed by atoms with Gasteiger partial charge in [0.05, 0.1) is 17.7 Å². The van der Waals surface area contributed by atoms with Gasteiger partial charge in [-0.25, -0.2) is 9.37 Å². The van der Waals surface area contributed by atoms with E-state index in [1.54, 1.807) is 18.5 Å². The summed E-state index contributed by atoms with van der Waals surface area (Å²) in [4.78, 5) is 7.19. The van der Waals surface area contributed by atoms with Crippen molar-refractivity contribution >= 4 is 0 Å². The number of aryl methyl sites for hydroxylation is 2. The van der Waals surface area contributed by atoms with Crippen molar-refractivity contribution in [2.45, 2.75) is 19.4 Å². The van der Waals surface area contributed by atoms with Gasteiger partial charge in [-0.2, -0.15) is 0 Å². The maximum absolute atomic E-state index is 12.9. The van der Waals surface area contributed by atoms with Crippen LogP contribution in [0.25, 0.3) is 0 Å². The Hall–Kier alpha value is -1.68. The van der Waals surface area contributed by atoms with E-state index in [-0.39, 0.29) is 5.82 Å². The number of H-pyrrole nitrogens is 1. The lowest BCUT2D eigenvalue weighted by Crippen LogP contribution is -2.02. The van der Waals surface area contributed by atoms with Gasteiger partial charge in [-0.15, -0.1) is 0 Å². The summed E-state index contributed by atoms with van der Waals surface area (Å²) in [7, 11) is 0. The van der Waals surface area contributed by atoms with Crippen LogP contribution in [0, 0.1) is 5.82 Å². The van der Waals surface area contributed by atoms with E-state index in [0.29, 0.717) is 6.54 Å². The Bertz CT molecular complexity index is 465. The Morgan fingerprint density at radius 2 is 2.19 bits per heavy atom. The summed E-state index contributed by atoms with van der Waals surface area (Å²) in [6.45, 7) is 0.457. The van der Waals surface area contributed by atoms with Crippen molar-refractivity contribution in [2.24, 2.45) is 5.73 Å². The zero-order chi connectivity index (χ0) is 11.4. The first-order valence-corrected chi connectivity index (χ1v) is 5.25. The van der Waals surface area contributed by atoms with Gasteiger partial charge in [0.25, 0.3) is 0 Å². The summed E-state index contributed by atoms with van der Waals surface area (Å²) in [5.74, 6) is -0.196. The molecule has 0 radical (unpaired) electrons. The summed E-state index contributed by atoms with van der Waals surface area (Å²) in [5.41, 5.74) is 8.45. The summed E-state index contributed by atoms with van der Waals surface area (Å²) >= 11 is 0. The Morgan fingerprint density at radius 3 is 2.94 bits per heavy atom. The van der Waals surface area contributed by atoms with Crippen molar-refractivity contribution in [1.82, 2.24) is 9.97 Å². The second kappa shape index (κ2) is 4.90. The van der Waals surface area contributed by atoms with Gasteiger partial charge in [0, 0.05) is 6.54 Å². The highest BCUT2D eigenvalue weighted by Gasteiger charge is 2.04. The fourth-order valence-corrected chi connectivity index (χ4v) is 1.70. The van der Waals surface area contributed by atoms with Crippen LogP contribution in [0.15, 0.2) is 30.6 Å². The zero-order valence-electron chi connectivity index (χ0n) is 8.91. The molecule has 0 aliphatic carbocycles. The van der Waals surface area contributed by atoms with Gasteiger partial charge in [-0.05, 0) is 30.5 Å². The number of aromatic nitrogens is 2. The topological polar surface area (TPSA) is 54.7 Å². The molecule has 0 bridgehead atoms.